The molecule has 1 N–H and O–H groups in total. The van der Waals surface area contributed by atoms with Gasteiger partial charge in [-0.1, -0.05) is 30.3 Å². The number of fused-ring (bicyclic) bond motifs is 1. The monoisotopic (exact) mass is 328 g/mol. The summed E-state index contributed by atoms with van der Waals surface area (Å²) >= 11 is 0. The summed E-state index contributed by atoms with van der Waals surface area (Å²) in [5.74, 6) is 0.872. The Morgan fingerprint density at radius 2 is 2.00 bits per heavy atom. The van der Waals surface area contributed by atoms with Crippen LogP contribution in [0.2, 0.25) is 0 Å². The number of carbonyl (C=O) groups is 1. The molecular formula is C17H20N4O3. The third-order valence-electron chi connectivity index (χ3n) is 3.81. The van der Waals surface area contributed by atoms with E-state index in [1.807, 2.05) is 44.2 Å². The number of allylic oxidation sites excluding steroid dienone is 1. The minimum atomic E-state index is -0.385. The normalized spacial score (nSPS) is 16.5. The molecule has 7 heteroatoms. The van der Waals surface area contributed by atoms with Crippen LogP contribution in [0.4, 0.5) is 5.95 Å². The van der Waals surface area contributed by atoms with Gasteiger partial charge in [-0.05, 0) is 19.4 Å². The fourth-order valence-electron chi connectivity index (χ4n) is 2.76. The number of hydrogen-bond acceptors (Lipinski definition) is 6. The molecule has 1 aliphatic rings. The van der Waals surface area contributed by atoms with E-state index in [2.05, 4.69) is 15.4 Å². The van der Waals surface area contributed by atoms with Crippen molar-refractivity contribution in [2.75, 3.05) is 25.6 Å². The van der Waals surface area contributed by atoms with Crippen LogP contribution in [0.1, 0.15) is 24.4 Å². The number of nitrogens with one attached hydrogen (secondary N) is 1. The Morgan fingerprint density at radius 3 is 2.71 bits per heavy atom. The summed E-state index contributed by atoms with van der Waals surface area (Å²) in [5, 5.41) is 7.59. The summed E-state index contributed by atoms with van der Waals surface area (Å²) in [4.78, 5) is 17.0. The second-order valence-corrected chi connectivity index (χ2v) is 5.53. The molecule has 0 spiro atoms. The van der Waals surface area contributed by atoms with Crippen molar-refractivity contribution < 1.29 is 14.3 Å². The van der Waals surface area contributed by atoms with E-state index in [0.29, 0.717) is 29.6 Å². The molecule has 126 valence electrons. The van der Waals surface area contributed by atoms with Crippen LogP contribution in [-0.2, 0) is 14.3 Å². The maximum atomic E-state index is 12.6. The summed E-state index contributed by atoms with van der Waals surface area (Å²) in [6.45, 7) is 4.23. The summed E-state index contributed by atoms with van der Waals surface area (Å²) in [7, 11) is 1.57. The van der Waals surface area contributed by atoms with Crippen LogP contribution in [0.5, 0.6) is 0 Å². The number of hydrogen-bond donors (Lipinski definition) is 1. The second-order valence-electron chi connectivity index (χ2n) is 5.53. The first-order valence-corrected chi connectivity index (χ1v) is 7.73. The molecule has 3 rings (SSSR count). The van der Waals surface area contributed by atoms with Crippen molar-refractivity contribution in [2.24, 2.45) is 0 Å². The predicted molar refractivity (Wildman–Crippen MR) is 88.5 cm³/mol. The number of nitrogens with zero attached hydrogens (tertiary/aromatic N) is 3. The molecule has 0 aliphatic carbocycles. The molecular weight excluding hydrogens is 308 g/mol. The summed E-state index contributed by atoms with van der Waals surface area (Å²) < 4.78 is 12.0. The molecule has 0 unspecified atom stereocenters. The first-order chi connectivity index (χ1) is 11.6. The molecule has 1 aromatic heterocycles. The van der Waals surface area contributed by atoms with Gasteiger partial charge in [0, 0.05) is 12.8 Å². The standard InChI is InChI=1S/C17H20N4O3/c1-11-14(16(22)24-10-9-23-3)15(13-7-5-4-6-8-13)21-17(18-11)19-12(2)20-21/h4-8,15H,9-10H2,1-3H3,(H,18,19,20)/t15-/m1/s1. The Labute approximate surface area is 140 Å². The van der Waals surface area contributed by atoms with Crippen molar-refractivity contribution in [1.82, 2.24) is 14.8 Å². The van der Waals surface area contributed by atoms with Gasteiger partial charge in [0.25, 0.3) is 0 Å². The Bertz CT molecular complexity index is 767. The molecule has 2 aromatic rings. The SMILES string of the molecule is COCCOC(=O)C1=C(C)Nc2nc(C)nn2[C@@H]1c1ccccc1. The predicted octanol–water partition coefficient (Wildman–Crippen LogP) is 2.07. The average Bonchev–Trinajstić information content (AvgIpc) is 2.94. The molecule has 0 bridgehead atoms. The molecule has 0 radical (unpaired) electrons. The first-order valence-electron chi connectivity index (χ1n) is 7.73. The van der Waals surface area contributed by atoms with Gasteiger partial charge in [-0.2, -0.15) is 10.1 Å². The lowest BCUT2D eigenvalue weighted by Crippen LogP contribution is -2.30. The number of rotatable bonds is 5. The van der Waals surface area contributed by atoms with Crippen molar-refractivity contribution in [3.63, 3.8) is 0 Å². The minimum absolute atomic E-state index is 0.205. The molecule has 1 atom stereocenters. The number of anilines is 1. The van der Waals surface area contributed by atoms with Gasteiger partial charge in [0.1, 0.15) is 18.5 Å². The summed E-state index contributed by atoms with van der Waals surface area (Å²) in [6, 6.07) is 9.36. The van der Waals surface area contributed by atoms with Crippen LogP contribution in [0, 0.1) is 6.92 Å². The maximum absolute atomic E-state index is 12.6. The van der Waals surface area contributed by atoms with Crippen molar-refractivity contribution in [2.45, 2.75) is 19.9 Å². The lowest BCUT2D eigenvalue weighted by atomic mass is 9.96. The highest BCUT2D eigenvalue weighted by atomic mass is 16.6. The number of ether oxygens (including phenoxy) is 2. The van der Waals surface area contributed by atoms with E-state index in [9.17, 15) is 4.79 Å². The number of benzene rings is 1. The van der Waals surface area contributed by atoms with Gasteiger partial charge < -0.3 is 14.8 Å². The maximum Gasteiger partial charge on any atom is 0.338 e. The Kier molecular flexibility index (Phi) is 4.61. The van der Waals surface area contributed by atoms with Crippen LogP contribution in [0.25, 0.3) is 0 Å². The largest absolute Gasteiger partial charge is 0.460 e. The molecule has 7 nitrogen and oxygen atoms in total. The minimum Gasteiger partial charge on any atom is -0.460 e. The Morgan fingerprint density at radius 1 is 1.25 bits per heavy atom. The van der Waals surface area contributed by atoms with E-state index < -0.39 is 0 Å². The first kappa shape index (κ1) is 16.2. The molecule has 0 amide bonds. The molecule has 1 aromatic carbocycles. The summed E-state index contributed by atoms with van der Waals surface area (Å²) in [5.41, 5.74) is 2.18. The topological polar surface area (TPSA) is 78.3 Å². The van der Waals surface area contributed by atoms with Crippen LogP contribution < -0.4 is 5.32 Å². The molecule has 1 aliphatic heterocycles. The second kappa shape index (κ2) is 6.84. The number of aryl methyl sites for hydroxylation is 1. The molecule has 0 saturated heterocycles. The zero-order valence-electron chi connectivity index (χ0n) is 13.9. The van der Waals surface area contributed by atoms with Gasteiger partial charge >= 0.3 is 5.97 Å². The third kappa shape index (κ3) is 3.03. The highest BCUT2D eigenvalue weighted by Gasteiger charge is 2.34. The zero-order chi connectivity index (χ0) is 17.1. The molecule has 0 fully saturated rings. The van der Waals surface area contributed by atoms with Gasteiger partial charge in [-0.25, -0.2) is 9.48 Å². The third-order valence-corrected chi connectivity index (χ3v) is 3.81. The van der Waals surface area contributed by atoms with Gasteiger partial charge in [0.15, 0.2) is 0 Å². The Hall–Kier alpha value is -2.67. The fourth-order valence-corrected chi connectivity index (χ4v) is 2.76. The van der Waals surface area contributed by atoms with E-state index in [1.54, 1.807) is 11.8 Å². The lowest BCUT2D eigenvalue weighted by Gasteiger charge is -2.28. The molecule has 2 heterocycles. The van der Waals surface area contributed by atoms with Crippen LogP contribution >= 0.6 is 0 Å². The van der Waals surface area contributed by atoms with E-state index >= 15 is 0 Å². The van der Waals surface area contributed by atoms with Crippen molar-refractivity contribution in [3.8, 4) is 0 Å². The highest BCUT2D eigenvalue weighted by molar-refractivity contribution is 5.92. The van der Waals surface area contributed by atoms with Crippen molar-refractivity contribution in [3.05, 3.63) is 53.0 Å². The lowest BCUT2D eigenvalue weighted by molar-refractivity contribution is -0.140. The van der Waals surface area contributed by atoms with Gasteiger partial charge in [0.05, 0.1) is 12.2 Å². The molecule has 24 heavy (non-hydrogen) atoms. The molecule has 0 saturated carbocycles. The van der Waals surface area contributed by atoms with E-state index in [4.69, 9.17) is 9.47 Å². The quantitative estimate of drug-likeness (QED) is 0.669. The van der Waals surface area contributed by atoms with Gasteiger partial charge in [-0.15, -0.1) is 0 Å². The number of methoxy groups -OCH3 is 1. The van der Waals surface area contributed by atoms with Crippen molar-refractivity contribution >= 4 is 11.9 Å². The average molecular weight is 328 g/mol. The van der Waals surface area contributed by atoms with Gasteiger partial charge in [0.2, 0.25) is 5.95 Å². The van der Waals surface area contributed by atoms with Gasteiger partial charge in [-0.3, -0.25) is 0 Å². The van der Waals surface area contributed by atoms with E-state index in [0.717, 1.165) is 5.56 Å². The number of carbonyl (C=O) groups excluding carboxylic acids is 1. The summed E-state index contributed by atoms with van der Waals surface area (Å²) in [6.07, 6.45) is 0. The highest BCUT2D eigenvalue weighted by Crippen LogP contribution is 2.35. The van der Waals surface area contributed by atoms with E-state index in [1.165, 1.54) is 0 Å². The number of aromatic nitrogens is 3. The zero-order valence-corrected chi connectivity index (χ0v) is 13.9. The smallest absolute Gasteiger partial charge is 0.338 e. The Balaban J connectivity index is 2.02. The van der Waals surface area contributed by atoms with Crippen LogP contribution in [0.3, 0.4) is 0 Å². The van der Waals surface area contributed by atoms with E-state index in [-0.39, 0.29) is 18.6 Å². The number of esters is 1. The fraction of sp³-hybridized carbons (Fsp3) is 0.353. The van der Waals surface area contributed by atoms with Crippen molar-refractivity contribution in [1.29, 1.82) is 0 Å². The van der Waals surface area contributed by atoms with Crippen LogP contribution in [-0.4, -0.2) is 41.1 Å². The van der Waals surface area contributed by atoms with Crippen LogP contribution in [0.15, 0.2) is 41.6 Å².